The number of benzene rings is 1. The average molecular weight is 485 g/mol. The highest BCUT2D eigenvalue weighted by Gasteiger charge is 2.58. The lowest BCUT2D eigenvalue weighted by Gasteiger charge is -2.44. The van der Waals surface area contributed by atoms with Gasteiger partial charge in [0.2, 0.25) is 5.91 Å². The van der Waals surface area contributed by atoms with Gasteiger partial charge in [-0.15, -0.1) is 0 Å². The van der Waals surface area contributed by atoms with Gasteiger partial charge in [-0.05, 0) is 61.6 Å². The molecule has 2 aromatic rings. The molecule has 1 N–H and O–H groups in total. The van der Waals surface area contributed by atoms with Crippen LogP contribution in [0.4, 0.5) is 11.5 Å². The summed E-state index contributed by atoms with van der Waals surface area (Å²) in [6.45, 7) is 9.39. The summed E-state index contributed by atoms with van der Waals surface area (Å²) in [5.74, 6) is 0.778. The van der Waals surface area contributed by atoms with Crippen LogP contribution in [0, 0.1) is 11.3 Å². The number of rotatable bonds is 4. The lowest BCUT2D eigenvalue weighted by Crippen LogP contribution is -2.56. The summed E-state index contributed by atoms with van der Waals surface area (Å²) >= 11 is 6.70. The fraction of sp³-hybridized carbons (Fsp3) is 0.615. The van der Waals surface area contributed by atoms with Crippen LogP contribution in [0.3, 0.4) is 0 Å². The Morgan fingerprint density at radius 2 is 1.82 bits per heavy atom. The lowest BCUT2D eigenvalue weighted by atomic mass is 9.93. The number of nitrogens with one attached hydrogen (secondary N) is 1. The highest BCUT2D eigenvalue weighted by molar-refractivity contribution is 6.34. The van der Waals surface area contributed by atoms with Crippen molar-refractivity contribution in [2.24, 2.45) is 11.3 Å². The van der Waals surface area contributed by atoms with Gasteiger partial charge in [0.25, 0.3) is 0 Å². The molecule has 1 saturated carbocycles. The van der Waals surface area contributed by atoms with Crippen LogP contribution in [0.5, 0.6) is 0 Å². The predicted molar refractivity (Wildman–Crippen MR) is 134 cm³/mol. The molecule has 7 nitrogen and oxygen atoms in total. The fourth-order valence-corrected chi connectivity index (χ4v) is 6.41. The average Bonchev–Trinajstić information content (AvgIpc) is 3.34. The number of carbonyl (C=O) groups is 1. The number of nitrogens with zero attached hydrogens (tertiary/aromatic N) is 3. The minimum atomic E-state index is 0.0816. The molecule has 4 heterocycles. The first-order chi connectivity index (χ1) is 16.5. The molecule has 1 aliphatic carbocycles. The number of pyridine rings is 1. The van der Waals surface area contributed by atoms with Gasteiger partial charge in [-0.25, -0.2) is 4.98 Å². The highest BCUT2D eigenvalue weighted by atomic mass is 35.5. The molecule has 4 fully saturated rings. The Balaban J connectivity index is 1.16. The molecule has 0 radical (unpaired) electrons. The van der Waals surface area contributed by atoms with Crippen LogP contribution in [0.25, 0.3) is 10.8 Å². The standard InChI is InChI=1S/C26H33ClN4O3/c1-25(2-9-34-17-25)31-7-5-30(6-8-31)22-13-18-14-23(28-16-19(18)12-21(22)27)29-24(32)20-15-26(20)3-10-33-11-4-26/h12-14,16,20H,2-11,15,17H2,1H3,(H,28,29,32)/t20?,25-/m1/s1. The molecule has 8 heteroatoms. The van der Waals surface area contributed by atoms with E-state index in [2.05, 4.69) is 33.1 Å². The summed E-state index contributed by atoms with van der Waals surface area (Å²) < 4.78 is 11.1. The van der Waals surface area contributed by atoms with Crippen LogP contribution in [-0.4, -0.2) is 73.9 Å². The Kier molecular flexibility index (Phi) is 5.72. The third-order valence-corrected chi connectivity index (χ3v) is 8.92. The summed E-state index contributed by atoms with van der Waals surface area (Å²) in [6.07, 6.45) is 5.83. The topological polar surface area (TPSA) is 66.9 Å². The van der Waals surface area contributed by atoms with Crippen molar-refractivity contribution >= 4 is 39.8 Å². The van der Waals surface area contributed by atoms with E-state index in [9.17, 15) is 4.79 Å². The molecule has 1 unspecified atom stereocenters. The lowest BCUT2D eigenvalue weighted by molar-refractivity contribution is -0.118. The summed E-state index contributed by atoms with van der Waals surface area (Å²) in [5, 5.41) is 5.83. The second-order valence-corrected chi connectivity index (χ2v) is 11.1. The zero-order valence-electron chi connectivity index (χ0n) is 19.8. The second kappa shape index (κ2) is 8.63. The van der Waals surface area contributed by atoms with E-state index in [1.807, 2.05) is 12.1 Å². The monoisotopic (exact) mass is 484 g/mol. The SMILES string of the molecule is C[C@@]1(N2CCN(c3cc4cc(NC(=O)C5CC56CCOCC6)ncc4cc3Cl)CC2)CCOC1. The van der Waals surface area contributed by atoms with E-state index in [0.717, 1.165) is 99.8 Å². The molecule has 4 aliphatic rings. The van der Waals surface area contributed by atoms with Crippen LogP contribution in [-0.2, 0) is 14.3 Å². The zero-order valence-corrected chi connectivity index (χ0v) is 20.6. The van der Waals surface area contributed by atoms with Crippen molar-refractivity contribution in [2.45, 2.75) is 38.1 Å². The number of hydrogen-bond acceptors (Lipinski definition) is 6. The molecule has 3 saturated heterocycles. The van der Waals surface area contributed by atoms with Crippen molar-refractivity contribution in [3.05, 3.63) is 29.4 Å². The van der Waals surface area contributed by atoms with Crippen LogP contribution < -0.4 is 10.2 Å². The van der Waals surface area contributed by atoms with Gasteiger partial charge in [0, 0.05) is 69.0 Å². The Bertz CT molecular complexity index is 1090. The minimum absolute atomic E-state index is 0.0816. The number of aromatic nitrogens is 1. The number of anilines is 2. The molecule has 1 spiro atoms. The van der Waals surface area contributed by atoms with Gasteiger partial charge in [-0.1, -0.05) is 11.6 Å². The Hall–Kier alpha value is -1.93. The second-order valence-electron chi connectivity index (χ2n) is 10.7. The number of halogens is 1. The first kappa shape index (κ1) is 22.5. The van der Waals surface area contributed by atoms with Crippen molar-refractivity contribution in [1.29, 1.82) is 0 Å². The summed E-state index contributed by atoms with van der Waals surface area (Å²) in [6, 6.07) is 6.10. The largest absolute Gasteiger partial charge is 0.381 e. The molecule has 2 atom stereocenters. The van der Waals surface area contributed by atoms with Crippen LogP contribution in [0.1, 0.15) is 32.6 Å². The van der Waals surface area contributed by atoms with Crippen molar-refractivity contribution in [2.75, 3.05) is 62.8 Å². The molecule has 3 aliphatic heterocycles. The first-order valence-corrected chi connectivity index (χ1v) is 12.9. The number of amides is 1. The smallest absolute Gasteiger partial charge is 0.229 e. The molecular weight excluding hydrogens is 452 g/mol. The van der Waals surface area contributed by atoms with Crippen molar-refractivity contribution in [3.8, 4) is 0 Å². The van der Waals surface area contributed by atoms with E-state index >= 15 is 0 Å². The van der Waals surface area contributed by atoms with Gasteiger partial charge in [0.05, 0.1) is 17.3 Å². The minimum Gasteiger partial charge on any atom is -0.381 e. The normalized spacial score (nSPS) is 29.0. The van der Waals surface area contributed by atoms with Gasteiger partial charge in [0.15, 0.2) is 0 Å². The summed E-state index contributed by atoms with van der Waals surface area (Å²) in [4.78, 5) is 22.3. The van der Waals surface area contributed by atoms with Crippen molar-refractivity contribution < 1.29 is 14.3 Å². The molecule has 182 valence electrons. The van der Waals surface area contributed by atoms with E-state index in [0.29, 0.717) is 5.82 Å². The summed E-state index contributed by atoms with van der Waals surface area (Å²) in [7, 11) is 0. The maximum atomic E-state index is 12.9. The maximum absolute atomic E-state index is 12.9. The molecule has 6 rings (SSSR count). The van der Waals surface area contributed by atoms with Gasteiger partial charge in [-0.3, -0.25) is 9.69 Å². The van der Waals surface area contributed by atoms with E-state index in [-0.39, 0.29) is 22.8 Å². The molecule has 34 heavy (non-hydrogen) atoms. The Morgan fingerprint density at radius 1 is 1.06 bits per heavy atom. The van der Waals surface area contributed by atoms with E-state index < -0.39 is 0 Å². The van der Waals surface area contributed by atoms with Crippen LogP contribution in [0.2, 0.25) is 5.02 Å². The Labute approximate surface area is 205 Å². The van der Waals surface area contributed by atoms with Crippen LogP contribution >= 0.6 is 11.6 Å². The van der Waals surface area contributed by atoms with E-state index in [1.54, 1.807) is 6.20 Å². The van der Waals surface area contributed by atoms with E-state index in [4.69, 9.17) is 21.1 Å². The van der Waals surface area contributed by atoms with Gasteiger partial charge in [-0.2, -0.15) is 0 Å². The maximum Gasteiger partial charge on any atom is 0.229 e. The number of fused-ring (bicyclic) bond motifs is 1. The number of hydrogen-bond donors (Lipinski definition) is 1. The van der Waals surface area contributed by atoms with Crippen molar-refractivity contribution in [1.82, 2.24) is 9.88 Å². The summed E-state index contributed by atoms with van der Waals surface area (Å²) in [5.41, 5.74) is 1.36. The quantitative estimate of drug-likeness (QED) is 0.709. The van der Waals surface area contributed by atoms with Gasteiger partial charge in [0.1, 0.15) is 5.82 Å². The van der Waals surface area contributed by atoms with Gasteiger partial charge < -0.3 is 19.7 Å². The van der Waals surface area contributed by atoms with Gasteiger partial charge >= 0.3 is 0 Å². The number of carbonyl (C=O) groups excluding carboxylic acids is 1. The molecule has 0 bridgehead atoms. The van der Waals surface area contributed by atoms with Crippen LogP contribution in [0.15, 0.2) is 24.4 Å². The molecular formula is C26H33ClN4O3. The first-order valence-electron chi connectivity index (χ1n) is 12.5. The molecule has 1 aromatic carbocycles. The fourth-order valence-electron chi connectivity index (χ4n) is 6.12. The Morgan fingerprint density at radius 3 is 2.56 bits per heavy atom. The zero-order chi connectivity index (χ0) is 23.3. The number of piperazine rings is 1. The molecule has 1 aromatic heterocycles. The highest BCUT2D eigenvalue weighted by Crippen LogP contribution is 2.59. The predicted octanol–water partition coefficient (Wildman–Crippen LogP) is 3.94. The van der Waals surface area contributed by atoms with E-state index in [1.165, 1.54) is 0 Å². The third-order valence-electron chi connectivity index (χ3n) is 8.62. The molecule has 1 amide bonds. The third kappa shape index (κ3) is 4.06. The number of ether oxygens (including phenoxy) is 2. The van der Waals surface area contributed by atoms with Crippen molar-refractivity contribution in [3.63, 3.8) is 0 Å².